The summed E-state index contributed by atoms with van der Waals surface area (Å²) in [4.78, 5) is 17.7. The van der Waals surface area contributed by atoms with E-state index in [-0.39, 0.29) is 11.8 Å². The van der Waals surface area contributed by atoms with Crippen LogP contribution in [0.5, 0.6) is 0 Å². The summed E-state index contributed by atoms with van der Waals surface area (Å²) in [5.74, 6) is 1.16. The van der Waals surface area contributed by atoms with E-state index in [1.807, 2.05) is 17.0 Å². The van der Waals surface area contributed by atoms with Gasteiger partial charge in [-0.2, -0.15) is 4.31 Å². The van der Waals surface area contributed by atoms with E-state index in [4.69, 9.17) is 0 Å². The van der Waals surface area contributed by atoms with Crippen LogP contribution in [0.2, 0.25) is 0 Å². The fourth-order valence-electron chi connectivity index (χ4n) is 4.44. The molecule has 2 heterocycles. The minimum atomic E-state index is -3.50. The van der Waals surface area contributed by atoms with Gasteiger partial charge in [-0.25, -0.2) is 8.42 Å². The molecule has 2 saturated heterocycles. The molecule has 1 amide bonds. The third-order valence-corrected chi connectivity index (χ3v) is 8.21. The first-order chi connectivity index (χ1) is 14.2. The minimum Gasteiger partial charge on any atom is -0.340 e. The summed E-state index contributed by atoms with van der Waals surface area (Å²) in [6, 6.07) is 7.20. The lowest BCUT2D eigenvalue weighted by molar-refractivity contribution is -0.138. The topological polar surface area (TPSA) is 60.9 Å². The van der Waals surface area contributed by atoms with Crippen LogP contribution in [0.25, 0.3) is 0 Å². The van der Waals surface area contributed by atoms with Gasteiger partial charge >= 0.3 is 0 Å². The molecule has 1 aromatic rings. The highest BCUT2D eigenvalue weighted by Gasteiger charge is 2.34. The zero-order valence-corrected chi connectivity index (χ0v) is 19.7. The van der Waals surface area contributed by atoms with Crippen LogP contribution in [0, 0.1) is 11.8 Å². The number of benzene rings is 1. The Morgan fingerprint density at radius 3 is 2.00 bits per heavy atom. The second kappa shape index (κ2) is 9.79. The van der Waals surface area contributed by atoms with E-state index >= 15 is 0 Å². The quantitative estimate of drug-likeness (QED) is 0.689. The van der Waals surface area contributed by atoms with Crippen molar-refractivity contribution >= 4 is 15.9 Å². The zero-order chi connectivity index (χ0) is 21.9. The molecule has 0 aliphatic carbocycles. The van der Waals surface area contributed by atoms with E-state index in [1.54, 1.807) is 16.4 Å². The van der Waals surface area contributed by atoms with Crippen molar-refractivity contribution in [1.29, 1.82) is 0 Å². The number of amides is 1. The molecule has 0 saturated carbocycles. The van der Waals surface area contributed by atoms with Gasteiger partial charge in [0.15, 0.2) is 0 Å². The van der Waals surface area contributed by atoms with Gasteiger partial charge in [-0.05, 0) is 42.4 Å². The van der Waals surface area contributed by atoms with E-state index in [0.29, 0.717) is 42.7 Å². The third kappa shape index (κ3) is 5.42. The van der Waals surface area contributed by atoms with Crippen molar-refractivity contribution in [1.82, 2.24) is 14.1 Å². The summed E-state index contributed by atoms with van der Waals surface area (Å²) in [6.07, 6.45) is 1.21. The number of piperazine rings is 1. The van der Waals surface area contributed by atoms with Crippen LogP contribution in [-0.2, 0) is 14.8 Å². The highest BCUT2D eigenvalue weighted by molar-refractivity contribution is 7.89. The van der Waals surface area contributed by atoms with Crippen molar-refractivity contribution < 1.29 is 13.2 Å². The van der Waals surface area contributed by atoms with Crippen LogP contribution in [0.3, 0.4) is 0 Å². The van der Waals surface area contributed by atoms with Crippen molar-refractivity contribution in [2.75, 3.05) is 45.8 Å². The molecule has 0 N–H and O–H groups in total. The first-order valence-corrected chi connectivity index (χ1v) is 12.7. The molecule has 0 radical (unpaired) electrons. The van der Waals surface area contributed by atoms with Crippen molar-refractivity contribution in [2.45, 2.75) is 51.3 Å². The number of carbonyl (C=O) groups is 1. The molecule has 0 bridgehead atoms. The second-order valence-corrected chi connectivity index (χ2v) is 11.4. The predicted molar refractivity (Wildman–Crippen MR) is 120 cm³/mol. The lowest BCUT2D eigenvalue weighted by Gasteiger charge is -2.38. The Morgan fingerprint density at radius 1 is 0.933 bits per heavy atom. The minimum absolute atomic E-state index is 0.0589. The second-order valence-electron chi connectivity index (χ2n) is 9.42. The molecule has 0 atom stereocenters. The highest BCUT2D eigenvalue weighted by Crippen LogP contribution is 2.26. The largest absolute Gasteiger partial charge is 0.340 e. The van der Waals surface area contributed by atoms with Gasteiger partial charge in [0.1, 0.15) is 0 Å². The van der Waals surface area contributed by atoms with Gasteiger partial charge in [-0.3, -0.25) is 9.69 Å². The molecule has 0 spiro atoms. The van der Waals surface area contributed by atoms with E-state index in [1.165, 1.54) is 0 Å². The Hall–Kier alpha value is -1.44. The average Bonchev–Trinajstić information content (AvgIpc) is 2.73. The first-order valence-electron chi connectivity index (χ1n) is 11.3. The number of hydrogen-bond donors (Lipinski definition) is 0. The Balaban J connectivity index is 1.53. The highest BCUT2D eigenvalue weighted by atomic mass is 32.2. The van der Waals surface area contributed by atoms with E-state index < -0.39 is 10.0 Å². The van der Waals surface area contributed by atoms with Crippen LogP contribution in [0.1, 0.15) is 52.0 Å². The number of carbonyl (C=O) groups excluding carboxylic acids is 1. The lowest BCUT2D eigenvalue weighted by atomic mass is 9.96. The molecule has 168 valence electrons. The molecule has 2 aliphatic heterocycles. The normalized spacial score (nSPS) is 20.3. The molecule has 7 heteroatoms. The van der Waals surface area contributed by atoms with Crippen LogP contribution in [0.15, 0.2) is 29.2 Å². The van der Waals surface area contributed by atoms with Gasteiger partial charge in [0.25, 0.3) is 0 Å². The van der Waals surface area contributed by atoms with Crippen LogP contribution >= 0.6 is 0 Å². The average molecular weight is 436 g/mol. The Bertz CT molecular complexity index is 805. The number of rotatable bonds is 6. The summed E-state index contributed by atoms with van der Waals surface area (Å²) >= 11 is 0. The van der Waals surface area contributed by atoms with Gasteiger partial charge in [0.05, 0.1) is 4.90 Å². The first kappa shape index (κ1) is 23.2. The maximum absolute atomic E-state index is 13.0. The molecule has 2 fully saturated rings. The molecular formula is C23H37N3O3S. The van der Waals surface area contributed by atoms with Crippen molar-refractivity contribution in [3.8, 4) is 0 Å². The standard InChI is InChI=1S/C23H37N3O3S/c1-18(2)17-24-13-15-25(16-14-24)23(27)21-9-11-26(12-10-21)30(28,29)22-7-5-20(6-8-22)19(3)4/h5-8,18-19,21H,9-17H2,1-4H3. The molecule has 0 unspecified atom stereocenters. The van der Waals surface area contributed by atoms with Crippen molar-refractivity contribution in [2.24, 2.45) is 11.8 Å². The molecular weight excluding hydrogens is 398 g/mol. The number of piperidine rings is 1. The van der Waals surface area contributed by atoms with Gasteiger partial charge in [0.2, 0.25) is 15.9 Å². The Morgan fingerprint density at radius 2 is 1.50 bits per heavy atom. The molecule has 3 rings (SSSR count). The smallest absolute Gasteiger partial charge is 0.243 e. The van der Waals surface area contributed by atoms with Crippen molar-refractivity contribution in [3.05, 3.63) is 29.8 Å². The van der Waals surface area contributed by atoms with Crippen LogP contribution in [-0.4, -0.2) is 74.2 Å². The molecule has 2 aliphatic rings. The summed E-state index contributed by atoms with van der Waals surface area (Å²) in [5.41, 5.74) is 1.13. The molecule has 30 heavy (non-hydrogen) atoms. The van der Waals surface area contributed by atoms with Gasteiger partial charge in [-0.15, -0.1) is 0 Å². The SMILES string of the molecule is CC(C)CN1CCN(C(=O)C2CCN(S(=O)(=O)c3ccc(C(C)C)cc3)CC2)CC1. The monoisotopic (exact) mass is 435 g/mol. The maximum Gasteiger partial charge on any atom is 0.243 e. The Kier molecular flexibility index (Phi) is 7.58. The number of sulfonamides is 1. The summed E-state index contributed by atoms with van der Waals surface area (Å²) in [7, 11) is -3.50. The van der Waals surface area contributed by atoms with Gasteiger partial charge in [0, 0.05) is 51.7 Å². The third-order valence-electron chi connectivity index (χ3n) is 6.30. The summed E-state index contributed by atoms with van der Waals surface area (Å²) in [5, 5.41) is 0. The van der Waals surface area contributed by atoms with Gasteiger partial charge < -0.3 is 4.90 Å². The number of nitrogens with zero attached hydrogens (tertiary/aromatic N) is 3. The Labute approximate surface area is 182 Å². The maximum atomic E-state index is 13.0. The molecule has 0 aromatic heterocycles. The molecule has 1 aromatic carbocycles. The zero-order valence-electron chi connectivity index (χ0n) is 18.9. The number of hydrogen-bond acceptors (Lipinski definition) is 4. The summed E-state index contributed by atoms with van der Waals surface area (Å²) in [6.45, 7) is 14.0. The van der Waals surface area contributed by atoms with E-state index in [9.17, 15) is 13.2 Å². The van der Waals surface area contributed by atoms with E-state index in [0.717, 1.165) is 38.3 Å². The molecule has 6 nitrogen and oxygen atoms in total. The van der Waals surface area contributed by atoms with Crippen LogP contribution < -0.4 is 0 Å². The fourth-order valence-corrected chi connectivity index (χ4v) is 5.91. The summed E-state index contributed by atoms with van der Waals surface area (Å²) < 4.78 is 27.5. The van der Waals surface area contributed by atoms with Gasteiger partial charge in [-0.1, -0.05) is 39.8 Å². The van der Waals surface area contributed by atoms with E-state index in [2.05, 4.69) is 32.6 Å². The predicted octanol–water partition coefficient (Wildman–Crippen LogP) is 3.01. The lowest BCUT2D eigenvalue weighted by Crippen LogP contribution is -2.52. The fraction of sp³-hybridized carbons (Fsp3) is 0.696. The van der Waals surface area contributed by atoms with Crippen molar-refractivity contribution in [3.63, 3.8) is 0 Å². The van der Waals surface area contributed by atoms with Crippen LogP contribution in [0.4, 0.5) is 0 Å².